The predicted octanol–water partition coefficient (Wildman–Crippen LogP) is 1.09. The van der Waals surface area contributed by atoms with E-state index in [0.717, 1.165) is 11.6 Å². The van der Waals surface area contributed by atoms with Gasteiger partial charge >= 0.3 is 0 Å². The Bertz CT molecular complexity index is 929. The number of hydrogen-bond donors (Lipinski definition) is 0. The van der Waals surface area contributed by atoms with E-state index in [1.807, 2.05) is 12.1 Å². The Kier molecular flexibility index (Phi) is 4.19. The number of pyridine rings is 1. The lowest BCUT2D eigenvalue weighted by Gasteiger charge is -2.02. The topological polar surface area (TPSA) is 9.03 Å². The molecule has 2 aromatic carbocycles. The zero-order valence-electron chi connectivity index (χ0n) is 11.8. The third kappa shape index (κ3) is 2.62. The van der Waals surface area contributed by atoms with Crippen molar-refractivity contribution in [1.29, 1.82) is 0 Å². The highest BCUT2D eigenvalue weighted by molar-refractivity contribution is 6.30. The van der Waals surface area contributed by atoms with E-state index in [2.05, 4.69) is 70.0 Å². The molecule has 0 fully saturated rings. The zero-order chi connectivity index (χ0) is 14.2. The lowest BCUT2D eigenvalue weighted by molar-refractivity contribution is -0.509. The summed E-state index contributed by atoms with van der Waals surface area (Å²) in [5.41, 5.74) is 2.45. The Morgan fingerprint density at radius 1 is 0.909 bits per heavy atom. The molecule has 0 spiro atoms. The number of benzene rings is 2. The zero-order valence-corrected chi connectivity index (χ0v) is 14.1. The SMILES string of the molecule is Clc1ccc(Cn2cc[n+]3ccc4ccccc4c23)cc1.[Br-]. The van der Waals surface area contributed by atoms with Crippen LogP contribution >= 0.6 is 11.6 Å². The normalized spacial score (nSPS) is 10.8. The Labute approximate surface area is 144 Å². The summed E-state index contributed by atoms with van der Waals surface area (Å²) in [6, 6.07) is 18.6. The fraction of sp³-hybridized carbons (Fsp3) is 0.0556. The summed E-state index contributed by atoms with van der Waals surface area (Å²) in [5.74, 6) is 0. The Morgan fingerprint density at radius 2 is 1.68 bits per heavy atom. The van der Waals surface area contributed by atoms with Gasteiger partial charge in [-0.1, -0.05) is 41.9 Å². The van der Waals surface area contributed by atoms with Gasteiger partial charge in [-0.05, 0) is 35.2 Å². The van der Waals surface area contributed by atoms with Crippen molar-refractivity contribution in [2.75, 3.05) is 0 Å². The molecule has 0 aliphatic carbocycles. The van der Waals surface area contributed by atoms with E-state index in [-0.39, 0.29) is 17.0 Å². The molecule has 0 N–H and O–H groups in total. The second kappa shape index (κ2) is 6.11. The van der Waals surface area contributed by atoms with Crippen molar-refractivity contribution in [3.05, 3.63) is 83.8 Å². The molecule has 0 aliphatic rings. The predicted molar refractivity (Wildman–Crippen MR) is 85.7 cm³/mol. The van der Waals surface area contributed by atoms with Crippen LogP contribution in [0.3, 0.4) is 0 Å². The van der Waals surface area contributed by atoms with Gasteiger partial charge in [0.15, 0.2) is 0 Å². The van der Waals surface area contributed by atoms with Gasteiger partial charge in [-0.25, -0.2) is 8.97 Å². The molecular weight excluding hydrogens is 360 g/mol. The van der Waals surface area contributed by atoms with E-state index in [1.165, 1.54) is 22.0 Å². The minimum absolute atomic E-state index is 0. The molecule has 0 atom stereocenters. The summed E-state index contributed by atoms with van der Waals surface area (Å²) in [7, 11) is 0. The van der Waals surface area contributed by atoms with E-state index in [0.29, 0.717) is 0 Å². The maximum atomic E-state index is 5.96. The monoisotopic (exact) mass is 372 g/mol. The first-order chi connectivity index (χ1) is 10.3. The van der Waals surface area contributed by atoms with Gasteiger partial charge in [-0.2, -0.15) is 0 Å². The summed E-state index contributed by atoms with van der Waals surface area (Å²) < 4.78 is 4.43. The van der Waals surface area contributed by atoms with Crippen LogP contribution in [-0.4, -0.2) is 4.57 Å². The summed E-state index contributed by atoms with van der Waals surface area (Å²) in [4.78, 5) is 0. The maximum Gasteiger partial charge on any atom is 0.294 e. The fourth-order valence-electron chi connectivity index (χ4n) is 2.78. The molecule has 2 aromatic heterocycles. The van der Waals surface area contributed by atoms with Gasteiger partial charge in [0.2, 0.25) is 0 Å². The summed E-state index contributed by atoms with van der Waals surface area (Å²) >= 11 is 5.96. The minimum atomic E-state index is 0. The largest absolute Gasteiger partial charge is 1.00 e. The third-order valence-electron chi connectivity index (χ3n) is 3.81. The standard InChI is InChI=1S/C18H14ClN2.BrH/c19-16-7-5-14(6-8-16)13-21-12-11-20-10-9-15-3-1-2-4-17(15)18(20)21;/h1-12H,13H2;1H/q+1;/p-1. The van der Waals surface area contributed by atoms with Gasteiger partial charge in [0.25, 0.3) is 5.65 Å². The average Bonchev–Trinajstić information content (AvgIpc) is 2.93. The first-order valence-corrected chi connectivity index (χ1v) is 7.31. The molecule has 2 heterocycles. The lowest BCUT2D eigenvalue weighted by atomic mass is 10.1. The highest BCUT2D eigenvalue weighted by Crippen LogP contribution is 2.18. The number of rotatable bonds is 2. The van der Waals surface area contributed by atoms with E-state index in [4.69, 9.17) is 11.6 Å². The van der Waals surface area contributed by atoms with E-state index in [9.17, 15) is 0 Å². The van der Waals surface area contributed by atoms with Crippen LogP contribution in [-0.2, 0) is 6.54 Å². The van der Waals surface area contributed by atoms with Crippen LogP contribution in [0, 0.1) is 0 Å². The van der Waals surface area contributed by atoms with Crippen molar-refractivity contribution in [2.24, 2.45) is 0 Å². The number of halogens is 2. The lowest BCUT2D eigenvalue weighted by Crippen LogP contribution is -3.00. The molecule has 0 radical (unpaired) electrons. The van der Waals surface area contributed by atoms with Gasteiger partial charge < -0.3 is 17.0 Å². The van der Waals surface area contributed by atoms with Crippen LogP contribution in [0.4, 0.5) is 0 Å². The van der Waals surface area contributed by atoms with E-state index in [1.54, 1.807) is 0 Å². The van der Waals surface area contributed by atoms with Gasteiger partial charge in [0.05, 0.1) is 11.6 Å². The number of imidazole rings is 1. The van der Waals surface area contributed by atoms with Crippen molar-refractivity contribution in [1.82, 2.24) is 4.57 Å². The van der Waals surface area contributed by atoms with Gasteiger partial charge in [0, 0.05) is 5.02 Å². The second-order valence-electron chi connectivity index (χ2n) is 5.19. The van der Waals surface area contributed by atoms with E-state index >= 15 is 0 Å². The average molecular weight is 374 g/mol. The molecular formula is C18H14BrClN2. The molecule has 0 aliphatic heterocycles. The van der Waals surface area contributed by atoms with Crippen LogP contribution in [0.5, 0.6) is 0 Å². The Morgan fingerprint density at radius 3 is 2.50 bits per heavy atom. The third-order valence-corrected chi connectivity index (χ3v) is 4.06. The smallest absolute Gasteiger partial charge is 0.294 e. The van der Waals surface area contributed by atoms with Gasteiger partial charge in [0.1, 0.15) is 18.9 Å². The van der Waals surface area contributed by atoms with Crippen LogP contribution < -0.4 is 21.4 Å². The minimum Gasteiger partial charge on any atom is -1.00 e. The quantitative estimate of drug-likeness (QED) is 0.465. The highest BCUT2D eigenvalue weighted by Gasteiger charge is 2.13. The molecule has 110 valence electrons. The summed E-state index contributed by atoms with van der Waals surface area (Å²) in [6.07, 6.45) is 6.32. The van der Waals surface area contributed by atoms with Crippen LogP contribution in [0.2, 0.25) is 5.02 Å². The van der Waals surface area contributed by atoms with Crippen LogP contribution in [0.15, 0.2) is 73.2 Å². The first kappa shape index (κ1) is 15.1. The number of hydrogen-bond acceptors (Lipinski definition) is 0. The molecule has 4 heteroatoms. The first-order valence-electron chi connectivity index (χ1n) is 6.93. The molecule has 22 heavy (non-hydrogen) atoms. The molecule has 0 unspecified atom stereocenters. The number of fused-ring (bicyclic) bond motifs is 3. The fourth-order valence-corrected chi connectivity index (χ4v) is 2.90. The number of aromatic nitrogens is 2. The summed E-state index contributed by atoms with van der Waals surface area (Å²) in [6.45, 7) is 0.835. The second-order valence-corrected chi connectivity index (χ2v) is 5.62. The van der Waals surface area contributed by atoms with Crippen molar-refractivity contribution < 1.29 is 21.4 Å². The molecule has 0 bridgehead atoms. The molecule has 0 amide bonds. The molecule has 0 saturated carbocycles. The molecule has 0 saturated heterocycles. The van der Waals surface area contributed by atoms with Crippen molar-refractivity contribution in [3.63, 3.8) is 0 Å². The highest BCUT2D eigenvalue weighted by atomic mass is 79.9. The molecule has 4 aromatic rings. The maximum absolute atomic E-state index is 5.96. The van der Waals surface area contributed by atoms with Gasteiger partial charge in [-0.15, -0.1) is 0 Å². The van der Waals surface area contributed by atoms with E-state index < -0.39 is 0 Å². The Balaban J connectivity index is 0.00000144. The van der Waals surface area contributed by atoms with Gasteiger partial charge in [-0.3, -0.25) is 0 Å². The van der Waals surface area contributed by atoms with Crippen LogP contribution in [0.1, 0.15) is 5.56 Å². The van der Waals surface area contributed by atoms with Crippen molar-refractivity contribution in [2.45, 2.75) is 6.54 Å². The molecule has 2 nitrogen and oxygen atoms in total. The van der Waals surface area contributed by atoms with Crippen LogP contribution in [0.25, 0.3) is 16.4 Å². The Hall–Kier alpha value is -1.84. The molecule has 4 rings (SSSR count). The number of nitrogens with zero attached hydrogens (tertiary/aromatic N) is 2. The summed E-state index contributed by atoms with van der Waals surface area (Å²) in [5, 5.41) is 3.29. The van der Waals surface area contributed by atoms with Crippen molar-refractivity contribution in [3.8, 4) is 0 Å². The van der Waals surface area contributed by atoms with Crippen molar-refractivity contribution >= 4 is 28.0 Å².